The third-order valence-electron chi connectivity index (χ3n) is 8.26. The van der Waals surface area contributed by atoms with Crippen LogP contribution in [-0.2, 0) is 14.5 Å². The number of Topliss-reactive ketones (excluding diaryl/α,β-unsaturated/α-hetero) is 1. The Morgan fingerprint density at radius 2 is 1.96 bits per heavy atom. The number of rotatable bonds is 6. The van der Waals surface area contributed by atoms with Gasteiger partial charge >= 0.3 is 0 Å². The summed E-state index contributed by atoms with van der Waals surface area (Å²) in [6.45, 7) is 5.67. The summed E-state index contributed by atoms with van der Waals surface area (Å²) >= 11 is 0. The quantitative estimate of drug-likeness (QED) is 0.478. The van der Waals surface area contributed by atoms with Crippen molar-refractivity contribution in [2.24, 2.45) is 40.2 Å². The van der Waals surface area contributed by atoms with Gasteiger partial charge in [0.1, 0.15) is 5.78 Å². The van der Waals surface area contributed by atoms with E-state index < -0.39 is 0 Å². The molecule has 0 heterocycles. The first-order valence-corrected chi connectivity index (χ1v) is 10.8. The second-order valence-corrected chi connectivity index (χ2v) is 9.55. The maximum absolute atomic E-state index is 12.7. The number of ketones is 1. The Balaban J connectivity index is 1.67. The summed E-state index contributed by atoms with van der Waals surface area (Å²) in [5, 5.41) is 0. The Labute approximate surface area is 168 Å². The number of hydrogen-bond acceptors (Lipinski definition) is 6. The Morgan fingerprint density at radius 1 is 1.14 bits per heavy atom. The molecule has 1 unspecified atom stereocenters. The fourth-order valence-electron chi connectivity index (χ4n) is 6.63. The summed E-state index contributed by atoms with van der Waals surface area (Å²) in [7, 11) is 1.68. The van der Waals surface area contributed by atoms with E-state index in [4.69, 9.17) is 15.4 Å². The SMILES string of the molecule is CONC1=CC2C=C(NOCCN)CC[C@]2(C)[C@H]2CC[C@]3(C)C(=O)CC[C@H]3[C@H]12. The van der Waals surface area contributed by atoms with Crippen molar-refractivity contribution in [3.05, 3.63) is 23.5 Å². The highest BCUT2D eigenvalue weighted by molar-refractivity contribution is 5.87. The van der Waals surface area contributed by atoms with E-state index in [1.807, 2.05) is 0 Å². The minimum absolute atomic E-state index is 0.161. The van der Waals surface area contributed by atoms with Gasteiger partial charge in [-0.2, -0.15) is 0 Å². The molecule has 4 N–H and O–H groups in total. The van der Waals surface area contributed by atoms with Crippen LogP contribution in [0.3, 0.4) is 0 Å². The van der Waals surface area contributed by atoms with Crippen LogP contribution >= 0.6 is 0 Å². The van der Waals surface area contributed by atoms with Gasteiger partial charge in [0.25, 0.3) is 0 Å². The lowest BCUT2D eigenvalue weighted by molar-refractivity contribution is -0.132. The van der Waals surface area contributed by atoms with Crippen LogP contribution in [0.15, 0.2) is 23.5 Å². The van der Waals surface area contributed by atoms with Crippen molar-refractivity contribution in [3.63, 3.8) is 0 Å². The molecule has 6 heteroatoms. The molecule has 0 amide bonds. The van der Waals surface area contributed by atoms with Crippen LogP contribution < -0.4 is 16.7 Å². The smallest absolute Gasteiger partial charge is 0.139 e. The van der Waals surface area contributed by atoms with E-state index in [1.54, 1.807) is 7.11 Å². The van der Waals surface area contributed by atoms with Crippen molar-refractivity contribution in [2.45, 2.75) is 52.4 Å². The number of allylic oxidation sites excluding steroid dienone is 4. The molecule has 0 aromatic carbocycles. The number of carbonyl (C=O) groups is 1. The average molecular weight is 390 g/mol. The van der Waals surface area contributed by atoms with Crippen molar-refractivity contribution >= 4 is 5.78 Å². The zero-order valence-electron chi connectivity index (χ0n) is 17.4. The molecule has 0 saturated heterocycles. The topological polar surface area (TPSA) is 85.6 Å². The van der Waals surface area contributed by atoms with Gasteiger partial charge in [-0.25, -0.2) is 0 Å². The number of fused-ring (bicyclic) bond motifs is 5. The lowest BCUT2D eigenvalue weighted by Gasteiger charge is -2.57. The number of hydroxylamine groups is 2. The van der Waals surface area contributed by atoms with Gasteiger partial charge in [0.15, 0.2) is 0 Å². The van der Waals surface area contributed by atoms with Crippen LogP contribution in [0.1, 0.15) is 52.4 Å². The number of nitrogens with two attached hydrogens (primary N) is 1. The van der Waals surface area contributed by atoms with Gasteiger partial charge in [0.2, 0.25) is 0 Å². The maximum atomic E-state index is 12.7. The van der Waals surface area contributed by atoms with Crippen LogP contribution in [0, 0.1) is 34.5 Å². The molecule has 6 nitrogen and oxygen atoms in total. The summed E-state index contributed by atoms with van der Waals surface area (Å²) in [6.07, 6.45) is 10.7. The Hall–Kier alpha value is -1.37. The Bertz CT molecular complexity index is 691. The predicted molar refractivity (Wildman–Crippen MR) is 107 cm³/mol. The molecule has 28 heavy (non-hydrogen) atoms. The minimum atomic E-state index is -0.161. The number of hydrogen-bond donors (Lipinski definition) is 3. The maximum Gasteiger partial charge on any atom is 0.139 e. The summed E-state index contributed by atoms with van der Waals surface area (Å²) in [5.74, 6) is 2.15. The Morgan fingerprint density at radius 3 is 2.71 bits per heavy atom. The van der Waals surface area contributed by atoms with Gasteiger partial charge in [-0.15, -0.1) is 0 Å². The molecule has 0 spiro atoms. The number of nitrogens with one attached hydrogen (secondary N) is 2. The molecule has 0 radical (unpaired) electrons. The van der Waals surface area contributed by atoms with Crippen LogP contribution in [0.25, 0.3) is 0 Å². The molecule has 4 rings (SSSR count). The zero-order valence-corrected chi connectivity index (χ0v) is 17.4. The highest BCUT2D eigenvalue weighted by atomic mass is 16.6. The van der Waals surface area contributed by atoms with Crippen LogP contribution in [0.5, 0.6) is 0 Å². The highest BCUT2D eigenvalue weighted by Gasteiger charge is 2.60. The normalized spacial score (nSPS) is 42.1. The number of carbonyl (C=O) groups excluding carboxylic acids is 1. The molecule has 0 aliphatic heterocycles. The van der Waals surface area contributed by atoms with Gasteiger partial charge < -0.3 is 5.73 Å². The lowest BCUT2D eigenvalue weighted by Crippen LogP contribution is -2.54. The van der Waals surface area contributed by atoms with Gasteiger partial charge in [-0.05, 0) is 49.4 Å². The summed E-state index contributed by atoms with van der Waals surface area (Å²) in [6, 6.07) is 0. The van der Waals surface area contributed by atoms with E-state index in [-0.39, 0.29) is 10.8 Å². The van der Waals surface area contributed by atoms with Crippen molar-refractivity contribution in [2.75, 3.05) is 20.3 Å². The van der Waals surface area contributed by atoms with E-state index in [2.05, 4.69) is 37.0 Å². The summed E-state index contributed by atoms with van der Waals surface area (Å²) in [5.41, 5.74) is 14.2. The third-order valence-corrected chi connectivity index (χ3v) is 8.26. The van der Waals surface area contributed by atoms with E-state index in [0.29, 0.717) is 42.6 Å². The molecule has 0 aromatic heterocycles. The van der Waals surface area contributed by atoms with Gasteiger partial charge in [0, 0.05) is 41.6 Å². The predicted octanol–water partition coefficient (Wildman–Crippen LogP) is 2.83. The van der Waals surface area contributed by atoms with E-state index in [9.17, 15) is 4.79 Å². The molecular formula is C22H35N3O3. The van der Waals surface area contributed by atoms with Gasteiger partial charge in [-0.1, -0.05) is 26.0 Å². The van der Waals surface area contributed by atoms with Crippen LogP contribution in [0.2, 0.25) is 0 Å². The molecule has 6 atom stereocenters. The fraction of sp³-hybridized carbons (Fsp3) is 0.773. The van der Waals surface area contributed by atoms with Crippen molar-refractivity contribution in [1.29, 1.82) is 0 Å². The van der Waals surface area contributed by atoms with Gasteiger partial charge in [0.05, 0.1) is 13.7 Å². The molecule has 0 aromatic rings. The molecule has 2 fully saturated rings. The van der Waals surface area contributed by atoms with E-state index >= 15 is 0 Å². The van der Waals surface area contributed by atoms with Crippen LogP contribution in [-0.4, -0.2) is 26.0 Å². The summed E-state index contributed by atoms with van der Waals surface area (Å²) in [4.78, 5) is 23.5. The standard InChI is InChI=1S/C22H35N3O3/c1-21-8-6-15(24-28-11-10-23)12-14(21)13-18(25-27-3)20-16-4-5-19(26)22(16,2)9-7-17(20)21/h12-14,16-17,20,24-25H,4-11,23H2,1-3H3/t14?,16-,17-,20-,21-,22-/m0/s1. The largest absolute Gasteiger partial charge is 0.328 e. The third kappa shape index (κ3) is 3.01. The molecule has 156 valence electrons. The highest BCUT2D eigenvalue weighted by Crippen LogP contribution is 2.64. The van der Waals surface area contributed by atoms with Crippen LogP contribution in [0.4, 0.5) is 0 Å². The molecule has 4 aliphatic rings. The monoisotopic (exact) mass is 389 g/mol. The summed E-state index contributed by atoms with van der Waals surface area (Å²) < 4.78 is 0. The van der Waals surface area contributed by atoms with Gasteiger partial charge in [-0.3, -0.25) is 25.4 Å². The Kier molecular flexibility index (Phi) is 5.31. The average Bonchev–Trinajstić information content (AvgIpc) is 2.98. The first-order chi connectivity index (χ1) is 13.4. The second-order valence-electron chi connectivity index (χ2n) is 9.55. The molecular weight excluding hydrogens is 354 g/mol. The van der Waals surface area contributed by atoms with E-state index in [0.717, 1.165) is 44.2 Å². The molecule has 4 aliphatic carbocycles. The minimum Gasteiger partial charge on any atom is -0.328 e. The first kappa shape index (κ1) is 19.9. The zero-order chi connectivity index (χ0) is 19.9. The lowest BCUT2D eigenvalue weighted by atomic mass is 9.47. The van der Waals surface area contributed by atoms with Crippen molar-refractivity contribution in [1.82, 2.24) is 11.0 Å². The molecule has 2 saturated carbocycles. The van der Waals surface area contributed by atoms with Crippen molar-refractivity contribution < 1.29 is 14.5 Å². The fourth-order valence-corrected chi connectivity index (χ4v) is 6.63. The first-order valence-electron chi connectivity index (χ1n) is 10.8. The second kappa shape index (κ2) is 7.47. The molecule has 0 bridgehead atoms. The van der Waals surface area contributed by atoms with E-state index in [1.165, 1.54) is 5.70 Å². The van der Waals surface area contributed by atoms with Crippen molar-refractivity contribution in [3.8, 4) is 0 Å².